The highest BCUT2D eigenvalue weighted by molar-refractivity contribution is 6.91. The second kappa shape index (κ2) is 16.3. The summed E-state index contributed by atoms with van der Waals surface area (Å²) in [6.07, 6.45) is 0.283. The first-order valence-corrected chi connectivity index (χ1v) is 22.2. The number of anilines is 3. The summed E-state index contributed by atoms with van der Waals surface area (Å²) in [6.45, 7) is 7.35. The molecule has 56 heavy (non-hydrogen) atoms. The quantitative estimate of drug-likeness (QED) is 0.0952. The molecule has 1 fully saturated rings. The van der Waals surface area contributed by atoms with E-state index < -0.39 is 19.8 Å². The number of hydrogen-bond acceptors (Lipinski definition) is 6. The van der Waals surface area contributed by atoms with Crippen molar-refractivity contribution in [3.05, 3.63) is 150 Å². The number of para-hydroxylation sites is 2. The van der Waals surface area contributed by atoms with Gasteiger partial charge in [0.1, 0.15) is 5.75 Å². The third-order valence-electron chi connectivity index (χ3n) is 11.7. The highest BCUT2D eigenvalue weighted by Crippen LogP contribution is 2.60. The monoisotopic (exact) mass is 767 g/mol. The Morgan fingerprint density at radius 3 is 2.20 bits per heavy atom. The van der Waals surface area contributed by atoms with Crippen molar-refractivity contribution in [1.29, 1.82) is 0 Å². The fraction of sp³-hybridized carbons (Fsp3) is 0.283. The predicted octanol–water partition coefficient (Wildman–Crippen LogP) is 7.16. The zero-order valence-electron chi connectivity index (χ0n) is 32.4. The second-order valence-corrected chi connectivity index (χ2v) is 20.0. The number of benzene rings is 5. The Balaban J connectivity index is 1.26. The molecule has 2 heterocycles. The van der Waals surface area contributed by atoms with E-state index in [0.717, 1.165) is 40.2 Å². The average Bonchev–Trinajstić information content (AvgIpc) is 3.65. The Kier molecular flexibility index (Phi) is 11.2. The van der Waals surface area contributed by atoms with Gasteiger partial charge < -0.3 is 24.4 Å². The summed E-state index contributed by atoms with van der Waals surface area (Å²) < 4.78 is 12.7. The molecule has 0 aromatic heterocycles. The van der Waals surface area contributed by atoms with E-state index in [-0.39, 0.29) is 49.4 Å². The van der Waals surface area contributed by atoms with E-state index in [4.69, 9.17) is 9.47 Å². The molecule has 5 aromatic carbocycles. The van der Waals surface area contributed by atoms with Gasteiger partial charge in [-0.1, -0.05) is 116 Å². The molecular weight excluding hydrogens is 719 g/mol. The number of fused-ring (bicyclic) bond motifs is 2. The summed E-state index contributed by atoms with van der Waals surface area (Å²) in [5.74, 6) is 0.172. The van der Waals surface area contributed by atoms with Gasteiger partial charge in [0.2, 0.25) is 12.3 Å². The molecule has 1 saturated heterocycles. The summed E-state index contributed by atoms with van der Waals surface area (Å²) in [6, 6.07) is 42.9. The van der Waals surface area contributed by atoms with Crippen LogP contribution in [0.1, 0.15) is 30.0 Å². The molecule has 9 nitrogen and oxygen atoms in total. The number of methoxy groups -OCH3 is 1. The van der Waals surface area contributed by atoms with E-state index >= 15 is 4.79 Å². The molecule has 0 unspecified atom stereocenters. The first-order chi connectivity index (χ1) is 27.1. The van der Waals surface area contributed by atoms with Gasteiger partial charge in [0.15, 0.2) is 5.60 Å². The fourth-order valence-corrected chi connectivity index (χ4v) is 13.0. The summed E-state index contributed by atoms with van der Waals surface area (Å²) in [5.41, 5.74) is 3.35. The van der Waals surface area contributed by atoms with Crippen molar-refractivity contribution in [3.8, 4) is 5.75 Å². The van der Waals surface area contributed by atoms with E-state index in [9.17, 15) is 14.7 Å². The van der Waals surface area contributed by atoms with Crippen molar-refractivity contribution in [2.45, 2.75) is 56.8 Å². The fourth-order valence-electron chi connectivity index (χ4n) is 8.99. The van der Waals surface area contributed by atoms with Crippen molar-refractivity contribution < 1.29 is 29.0 Å². The van der Waals surface area contributed by atoms with Gasteiger partial charge in [0, 0.05) is 35.9 Å². The van der Waals surface area contributed by atoms with Crippen LogP contribution in [0.2, 0.25) is 18.6 Å². The van der Waals surface area contributed by atoms with Gasteiger partial charge >= 0.3 is 0 Å². The Bertz CT molecular complexity index is 2170. The van der Waals surface area contributed by atoms with Crippen LogP contribution in [-0.4, -0.2) is 62.7 Å². The van der Waals surface area contributed by atoms with E-state index in [1.807, 2.05) is 121 Å². The molecule has 0 radical (unpaired) electrons. The largest absolute Gasteiger partial charge is 0.497 e. The van der Waals surface area contributed by atoms with Gasteiger partial charge in [-0.25, -0.2) is 0 Å². The molecule has 5 aromatic rings. The summed E-state index contributed by atoms with van der Waals surface area (Å²) in [7, 11) is -0.861. The average molecular weight is 768 g/mol. The Morgan fingerprint density at radius 2 is 1.52 bits per heavy atom. The van der Waals surface area contributed by atoms with Crippen LogP contribution < -0.4 is 19.7 Å². The zero-order chi connectivity index (χ0) is 39.5. The molecule has 3 amide bonds. The minimum absolute atomic E-state index is 0.0642. The van der Waals surface area contributed by atoms with E-state index in [0.29, 0.717) is 12.2 Å². The van der Waals surface area contributed by atoms with E-state index in [1.165, 1.54) is 5.19 Å². The van der Waals surface area contributed by atoms with Crippen LogP contribution in [-0.2, 0) is 37.8 Å². The lowest BCUT2D eigenvalue weighted by Gasteiger charge is -2.37. The van der Waals surface area contributed by atoms with Crippen LogP contribution in [0, 0.1) is 5.92 Å². The molecule has 7 rings (SSSR count). The number of nitrogens with zero attached hydrogens (tertiary/aromatic N) is 3. The van der Waals surface area contributed by atoms with Crippen molar-refractivity contribution in [3.63, 3.8) is 0 Å². The standard InChI is InChI=1S/C46H49N3O6Si/c1-33-44(56(3,4)39-24-22-38(54-2)23-25-39)42(29-43(52)47(26-27-50)30-34-14-7-5-8-15-34)55-46(33)40-20-11-12-21-41(40)48(45(46)53)31-35-16-13-19-37(28-35)49(32-51)36-17-9-6-10-18-36/h5-25,28,32-33,42,44,50H,26-27,29-31H2,1-4H3/t33-,42+,44-,46+/m0/s1. The molecule has 1 spiro atoms. The first kappa shape index (κ1) is 38.7. The maximum atomic E-state index is 15.3. The van der Waals surface area contributed by atoms with Crippen LogP contribution in [0.5, 0.6) is 5.75 Å². The summed E-state index contributed by atoms with van der Waals surface area (Å²) >= 11 is 0. The Hall–Kier alpha value is -5.55. The second-order valence-electron chi connectivity index (χ2n) is 15.3. The normalized spacial score (nSPS) is 20.2. The van der Waals surface area contributed by atoms with Gasteiger partial charge in [-0.3, -0.25) is 19.3 Å². The topological polar surface area (TPSA) is 99.6 Å². The number of carbonyl (C=O) groups excluding carboxylic acids is 3. The number of aliphatic hydroxyl groups excluding tert-OH is 1. The van der Waals surface area contributed by atoms with Crippen LogP contribution in [0.4, 0.5) is 17.1 Å². The molecule has 0 saturated carbocycles. The predicted molar refractivity (Wildman–Crippen MR) is 222 cm³/mol. The van der Waals surface area contributed by atoms with Gasteiger partial charge in [0.25, 0.3) is 5.91 Å². The molecule has 0 aliphatic carbocycles. The number of hydrogen-bond donors (Lipinski definition) is 1. The third-order valence-corrected chi connectivity index (χ3v) is 16.1. The molecular formula is C46H49N3O6Si. The number of ether oxygens (including phenoxy) is 2. The summed E-state index contributed by atoms with van der Waals surface area (Å²) in [4.78, 5) is 47.0. The maximum absolute atomic E-state index is 15.3. The van der Waals surface area contributed by atoms with E-state index in [2.05, 4.69) is 32.2 Å². The molecule has 10 heteroatoms. The molecule has 1 N–H and O–H groups in total. The molecule has 2 aliphatic rings. The van der Waals surface area contributed by atoms with Gasteiger partial charge in [0.05, 0.1) is 46.5 Å². The lowest BCUT2D eigenvalue weighted by molar-refractivity contribution is -0.150. The molecule has 2 aliphatic heterocycles. The minimum Gasteiger partial charge on any atom is -0.497 e. The van der Waals surface area contributed by atoms with Crippen LogP contribution in [0.15, 0.2) is 133 Å². The minimum atomic E-state index is -2.51. The van der Waals surface area contributed by atoms with Crippen LogP contribution >= 0.6 is 0 Å². The lowest BCUT2D eigenvalue weighted by atomic mass is 9.82. The summed E-state index contributed by atoms with van der Waals surface area (Å²) in [5, 5.41) is 11.2. The Labute approximate surface area is 330 Å². The number of rotatable bonds is 14. The van der Waals surface area contributed by atoms with Crippen molar-refractivity contribution >= 4 is 48.5 Å². The number of aliphatic hydroxyl groups is 1. The van der Waals surface area contributed by atoms with Gasteiger partial charge in [-0.2, -0.15) is 0 Å². The lowest BCUT2D eigenvalue weighted by Crippen LogP contribution is -2.52. The van der Waals surface area contributed by atoms with E-state index in [1.54, 1.807) is 21.8 Å². The highest BCUT2D eigenvalue weighted by atomic mass is 28.3. The van der Waals surface area contributed by atoms with Crippen LogP contribution in [0.25, 0.3) is 0 Å². The smallest absolute Gasteiger partial charge is 0.264 e. The Morgan fingerprint density at radius 1 is 0.875 bits per heavy atom. The first-order valence-electron chi connectivity index (χ1n) is 19.2. The van der Waals surface area contributed by atoms with Crippen molar-refractivity contribution in [2.75, 3.05) is 30.1 Å². The SMILES string of the molecule is COc1ccc([Si](C)(C)[C@@H]2[C@@H](CC(=O)N(CCO)Cc3ccccc3)O[C@]3(C(=O)N(Cc4cccc(N(C=O)c5ccccc5)c4)c4ccccc43)[C@H]2C)cc1. The van der Waals surface area contributed by atoms with Crippen LogP contribution in [0.3, 0.4) is 0 Å². The molecule has 0 bridgehead atoms. The zero-order valence-corrected chi connectivity index (χ0v) is 33.4. The van der Waals surface area contributed by atoms with Crippen molar-refractivity contribution in [2.24, 2.45) is 5.92 Å². The highest BCUT2D eigenvalue weighted by Gasteiger charge is 2.66. The van der Waals surface area contributed by atoms with Crippen molar-refractivity contribution in [1.82, 2.24) is 4.90 Å². The van der Waals surface area contributed by atoms with Gasteiger partial charge in [-0.15, -0.1) is 0 Å². The third kappa shape index (κ3) is 7.16. The molecule has 4 atom stereocenters. The number of amides is 3. The van der Waals surface area contributed by atoms with Gasteiger partial charge in [-0.05, 0) is 59.1 Å². The molecule has 288 valence electrons. The maximum Gasteiger partial charge on any atom is 0.264 e. The number of carbonyl (C=O) groups is 3.